The number of ether oxygens (including phenoxy) is 2. The molecular formula is C43H41F6NO5. The lowest BCUT2D eigenvalue weighted by Gasteiger charge is -2.36. The Morgan fingerprint density at radius 2 is 1.55 bits per heavy atom. The number of carbonyl (C=O) groups is 2. The summed E-state index contributed by atoms with van der Waals surface area (Å²) in [6.45, 7) is 9.41. The van der Waals surface area contributed by atoms with Gasteiger partial charge in [0, 0.05) is 12.1 Å². The smallest absolute Gasteiger partial charge is 0.416 e. The average molecular weight is 766 g/mol. The van der Waals surface area contributed by atoms with Crippen LogP contribution < -0.4 is 4.74 Å². The van der Waals surface area contributed by atoms with E-state index in [9.17, 15) is 41.0 Å². The van der Waals surface area contributed by atoms with E-state index in [1.54, 1.807) is 21.0 Å². The lowest BCUT2D eigenvalue weighted by atomic mass is 9.72. The van der Waals surface area contributed by atoms with Gasteiger partial charge in [0.25, 0.3) is 0 Å². The van der Waals surface area contributed by atoms with Gasteiger partial charge >= 0.3 is 24.4 Å². The van der Waals surface area contributed by atoms with Crippen LogP contribution in [-0.2, 0) is 17.1 Å². The maximum atomic E-state index is 13.7. The van der Waals surface area contributed by atoms with Crippen LogP contribution in [0.15, 0.2) is 78.4 Å². The highest BCUT2D eigenvalue weighted by molar-refractivity contribution is 6.00. The van der Waals surface area contributed by atoms with Crippen LogP contribution in [0.1, 0.15) is 89.9 Å². The predicted molar refractivity (Wildman–Crippen MR) is 197 cm³/mol. The number of carbonyl (C=O) groups excluding carboxylic acids is 1. The van der Waals surface area contributed by atoms with Gasteiger partial charge in [-0.1, -0.05) is 56.3 Å². The molecule has 2 atom stereocenters. The van der Waals surface area contributed by atoms with Crippen LogP contribution in [0.4, 0.5) is 31.1 Å². The fourth-order valence-electron chi connectivity index (χ4n) is 7.97. The first kappa shape index (κ1) is 39.4. The van der Waals surface area contributed by atoms with E-state index in [1.807, 2.05) is 61.5 Å². The maximum absolute atomic E-state index is 13.7. The summed E-state index contributed by atoms with van der Waals surface area (Å²) >= 11 is 0. The highest BCUT2D eigenvalue weighted by atomic mass is 19.4. The Kier molecular flexibility index (Phi) is 10.3. The summed E-state index contributed by atoms with van der Waals surface area (Å²) in [7, 11) is 1.55. The number of halogens is 6. The van der Waals surface area contributed by atoms with Gasteiger partial charge in [-0.25, -0.2) is 9.59 Å². The van der Waals surface area contributed by atoms with Crippen LogP contribution in [0.5, 0.6) is 5.75 Å². The number of alkyl halides is 6. The molecule has 0 bridgehead atoms. The fraction of sp³-hybridized carbons (Fsp3) is 0.349. The van der Waals surface area contributed by atoms with Crippen LogP contribution in [-0.4, -0.2) is 41.8 Å². The molecule has 55 heavy (non-hydrogen) atoms. The van der Waals surface area contributed by atoms with E-state index in [-0.39, 0.29) is 23.6 Å². The van der Waals surface area contributed by atoms with Gasteiger partial charge in [0.05, 0.1) is 29.8 Å². The maximum Gasteiger partial charge on any atom is 0.416 e. The van der Waals surface area contributed by atoms with Crippen LogP contribution in [0.25, 0.3) is 27.8 Å². The zero-order valence-electron chi connectivity index (χ0n) is 31.2. The van der Waals surface area contributed by atoms with E-state index >= 15 is 0 Å². The molecule has 6 nitrogen and oxygen atoms in total. The highest BCUT2D eigenvalue weighted by Gasteiger charge is 2.44. The molecule has 0 saturated carbocycles. The number of benzene rings is 4. The quantitative estimate of drug-likeness (QED) is 0.181. The second-order valence-corrected chi connectivity index (χ2v) is 15.1. The first-order chi connectivity index (χ1) is 25.7. The van der Waals surface area contributed by atoms with Crippen molar-refractivity contribution in [2.75, 3.05) is 13.7 Å². The molecular weight excluding hydrogens is 724 g/mol. The summed E-state index contributed by atoms with van der Waals surface area (Å²) in [4.78, 5) is 27.3. The zero-order chi connectivity index (χ0) is 40.2. The zero-order valence-corrected chi connectivity index (χ0v) is 31.2. The molecule has 1 aliphatic carbocycles. The number of hydrogen-bond acceptors (Lipinski definition) is 4. The van der Waals surface area contributed by atoms with Gasteiger partial charge in [-0.3, -0.25) is 4.90 Å². The van der Waals surface area contributed by atoms with Crippen molar-refractivity contribution in [2.45, 2.75) is 78.4 Å². The third-order valence-electron chi connectivity index (χ3n) is 10.8. The minimum Gasteiger partial charge on any atom is -0.496 e. The number of carboxylic acid groups (broad SMARTS) is 1. The van der Waals surface area contributed by atoms with Gasteiger partial charge in [0.15, 0.2) is 0 Å². The summed E-state index contributed by atoms with van der Waals surface area (Å²) in [5, 5.41) is 10.2. The van der Waals surface area contributed by atoms with E-state index < -0.39 is 53.3 Å². The second-order valence-electron chi connectivity index (χ2n) is 15.1. The topological polar surface area (TPSA) is 76.1 Å². The van der Waals surface area contributed by atoms with Crippen molar-refractivity contribution in [1.82, 2.24) is 4.90 Å². The van der Waals surface area contributed by atoms with Crippen molar-refractivity contribution in [3.63, 3.8) is 0 Å². The van der Waals surface area contributed by atoms with Gasteiger partial charge in [0.2, 0.25) is 0 Å². The minimum absolute atomic E-state index is 0.0251. The van der Waals surface area contributed by atoms with Crippen LogP contribution in [0.2, 0.25) is 0 Å². The Morgan fingerprint density at radius 3 is 2.13 bits per heavy atom. The number of hydrogen-bond donors (Lipinski definition) is 1. The molecule has 1 fully saturated rings. The first-order valence-electron chi connectivity index (χ1n) is 17.8. The van der Waals surface area contributed by atoms with Crippen LogP contribution in [0, 0.1) is 19.3 Å². The SMILES string of the molecule is COc1ccc(-c2cc(C)c(C(=O)O)c(-c3ccccc3)c2C)cc1C1=C(CN2C(=O)O[C@@H](c3cc(C(F)(F)F)cc(C(F)(F)F)c3)[C@@H]2C)CC(C)(C)CC1. The predicted octanol–water partition coefficient (Wildman–Crippen LogP) is 11.9. The Bertz CT molecular complexity index is 2160. The fourth-order valence-corrected chi connectivity index (χ4v) is 7.97. The second kappa shape index (κ2) is 14.4. The van der Waals surface area contributed by atoms with Crippen molar-refractivity contribution in [2.24, 2.45) is 5.41 Å². The molecule has 0 aromatic heterocycles. The Morgan fingerprint density at radius 1 is 0.909 bits per heavy atom. The molecule has 1 aliphatic heterocycles. The lowest BCUT2D eigenvalue weighted by molar-refractivity contribution is -0.143. The standard InChI is InChI=1S/C43H41F6NO5/c1-23-16-33(24(2)37(36(23)39(51)52)26-10-8-7-9-11-26)27-12-13-35(54-6)34(19-27)32-14-15-41(4,5)21-29(32)22-50-25(3)38(55-40(50)53)28-17-30(42(44,45)46)20-31(18-28)43(47,48)49/h7-13,16-20,25,38H,14-15,21-22H2,1-6H3,(H,51,52)/t25-,38+/m0/s1. The summed E-state index contributed by atoms with van der Waals surface area (Å²) < 4.78 is 93.7. The highest BCUT2D eigenvalue weighted by Crippen LogP contribution is 2.48. The number of nitrogens with zero attached hydrogens (tertiary/aromatic N) is 1. The molecule has 6 rings (SSSR count). The summed E-state index contributed by atoms with van der Waals surface area (Å²) in [6.07, 6.45) is -10.4. The molecule has 4 aromatic rings. The molecule has 290 valence electrons. The third kappa shape index (κ3) is 7.81. The monoisotopic (exact) mass is 765 g/mol. The number of allylic oxidation sites excluding steroid dienone is 1. The van der Waals surface area contributed by atoms with Crippen molar-refractivity contribution >= 4 is 17.6 Å². The number of amides is 1. The number of carboxylic acids is 1. The largest absolute Gasteiger partial charge is 0.496 e. The molecule has 1 amide bonds. The van der Waals surface area contributed by atoms with Gasteiger partial charge in [-0.2, -0.15) is 26.3 Å². The van der Waals surface area contributed by atoms with Gasteiger partial charge in [0.1, 0.15) is 11.9 Å². The molecule has 0 unspecified atom stereocenters. The van der Waals surface area contributed by atoms with E-state index in [2.05, 4.69) is 13.8 Å². The van der Waals surface area contributed by atoms with E-state index in [4.69, 9.17) is 9.47 Å². The molecule has 4 aromatic carbocycles. The number of cyclic esters (lactones) is 1. The first-order valence-corrected chi connectivity index (χ1v) is 17.8. The molecule has 1 heterocycles. The molecule has 0 radical (unpaired) electrons. The van der Waals surface area contributed by atoms with Crippen molar-refractivity contribution in [3.8, 4) is 28.0 Å². The van der Waals surface area contributed by atoms with Gasteiger partial charge < -0.3 is 14.6 Å². The van der Waals surface area contributed by atoms with Crippen molar-refractivity contribution in [3.05, 3.63) is 117 Å². The average Bonchev–Trinajstić information content (AvgIpc) is 3.39. The molecule has 2 aliphatic rings. The lowest BCUT2D eigenvalue weighted by Crippen LogP contribution is -2.35. The minimum atomic E-state index is -5.05. The Hall–Kier alpha value is -5.26. The number of aromatic carboxylic acids is 1. The summed E-state index contributed by atoms with van der Waals surface area (Å²) in [5.74, 6) is -0.471. The van der Waals surface area contributed by atoms with Crippen LogP contribution >= 0.6 is 0 Å². The normalized spacial score (nSPS) is 18.8. The van der Waals surface area contributed by atoms with Crippen molar-refractivity contribution < 1.29 is 50.5 Å². The van der Waals surface area contributed by atoms with Gasteiger partial charge in [-0.15, -0.1) is 0 Å². The van der Waals surface area contributed by atoms with E-state index in [0.29, 0.717) is 41.9 Å². The van der Waals surface area contributed by atoms with Crippen molar-refractivity contribution in [1.29, 1.82) is 0 Å². The Balaban J connectivity index is 1.44. The Labute approximate surface area is 315 Å². The van der Waals surface area contributed by atoms with Gasteiger partial charge in [-0.05, 0) is 126 Å². The van der Waals surface area contributed by atoms with Crippen LogP contribution in [0.3, 0.4) is 0 Å². The third-order valence-corrected chi connectivity index (χ3v) is 10.8. The number of rotatable bonds is 8. The summed E-state index contributed by atoms with van der Waals surface area (Å²) in [5.41, 5.74) is 3.54. The summed E-state index contributed by atoms with van der Waals surface area (Å²) in [6, 6.07) is 17.3. The molecule has 1 N–H and O–H groups in total. The molecule has 12 heteroatoms. The van der Waals surface area contributed by atoms with E-state index in [1.165, 1.54) is 4.90 Å². The molecule has 0 spiro atoms. The van der Waals surface area contributed by atoms with E-state index in [0.717, 1.165) is 45.4 Å². The molecule has 1 saturated heterocycles. The number of methoxy groups -OCH3 is 1. The number of aryl methyl sites for hydroxylation is 1.